The number of methoxy groups -OCH3 is 1. The van der Waals surface area contributed by atoms with Crippen molar-refractivity contribution >= 4 is 6.21 Å². The van der Waals surface area contributed by atoms with Gasteiger partial charge < -0.3 is 9.84 Å². The second kappa shape index (κ2) is 8.03. The summed E-state index contributed by atoms with van der Waals surface area (Å²) in [6.07, 6.45) is 1.82. The van der Waals surface area contributed by atoms with Crippen LogP contribution in [-0.4, -0.2) is 54.5 Å². The van der Waals surface area contributed by atoms with Crippen LogP contribution in [0.4, 0.5) is 0 Å². The largest absolute Gasteiger partial charge is 0.504 e. The third-order valence-corrected chi connectivity index (χ3v) is 4.45. The molecule has 1 saturated heterocycles. The first-order chi connectivity index (χ1) is 12.1. The van der Waals surface area contributed by atoms with E-state index in [1.54, 1.807) is 19.2 Å². The van der Waals surface area contributed by atoms with Gasteiger partial charge in [0.2, 0.25) is 0 Å². The number of phenols is 1. The molecule has 25 heavy (non-hydrogen) atoms. The molecule has 0 bridgehead atoms. The summed E-state index contributed by atoms with van der Waals surface area (Å²) in [6.45, 7) is 6.95. The summed E-state index contributed by atoms with van der Waals surface area (Å²) in [5.41, 5.74) is 3.57. The van der Waals surface area contributed by atoms with Gasteiger partial charge in [-0.1, -0.05) is 29.8 Å². The highest BCUT2D eigenvalue weighted by molar-refractivity contribution is 5.80. The standard InChI is InChI=1S/C20H25N3O2/c1-16-3-5-17(6-4-16)15-22-9-11-23(12-10-22)21-14-18-7-8-19(24)20(13-18)25-2/h3-8,13-14,24H,9-12,15H2,1-2H3/b21-14-. The Hall–Kier alpha value is -2.53. The molecule has 1 aliphatic heterocycles. The molecule has 0 aromatic heterocycles. The van der Waals surface area contributed by atoms with Crippen LogP contribution in [0.5, 0.6) is 11.5 Å². The number of hydrazone groups is 1. The monoisotopic (exact) mass is 339 g/mol. The Balaban J connectivity index is 1.51. The summed E-state index contributed by atoms with van der Waals surface area (Å²) in [6, 6.07) is 14.0. The average molecular weight is 339 g/mol. The van der Waals surface area contributed by atoms with Crippen LogP contribution in [0.25, 0.3) is 0 Å². The maximum absolute atomic E-state index is 9.63. The lowest BCUT2D eigenvalue weighted by atomic mass is 10.1. The highest BCUT2D eigenvalue weighted by Crippen LogP contribution is 2.25. The first-order valence-electron chi connectivity index (χ1n) is 8.58. The van der Waals surface area contributed by atoms with E-state index in [4.69, 9.17) is 4.74 Å². The van der Waals surface area contributed by atoms with Gasteiger partial charge in [0.15, 0.2) is 11.5 Å². The Kier molecular flexibility index (Phi) is 5.56. The summed E-state index contributed by atoms with van der Waals surface area (Å²) >= 11 is 0. The Labute approximate surface area is 149 Å². The second-order valence-corrected chi connectivity index (χ2v) is 6.39. The van der Waals surface area contributed by atoms with Crippen molar-refractivity contribution in [3.63, 3.8) is 0 Å². The number of hydrogen-bond acceptors (Lipinski definition) is 5. The lowest BCUT2D eigenvalue weighted by Gasteiger charge is -2.33. The highest BCUT2D eigenvalue weighted by atomic mass is 16.5. The lowest BCUT2D eigenvalue weighted by Crippen LogP contribution is -2.43. The molecule has 0 unspecified atom stereocenters. The van der Waals surface area contributed by atoms with Crippen molar-refractivity contribution in [2.45, 2.75) is 13.5 Å². The van der Waals surface area contributed by atoms with Crippen LogP contribution < -0.4 is 4.74 Å². The minimum Gasteiger partial charge on any atom is -0.504 e. The number of piperazine rings is 1. The van der Waals surface area contributed by atoms with E-state index in [0.29, 0.717) is 5.75 Å². The summed E-state index contributed by atoms with van der Waals surface area (Å²) in [4.78, 5) is 2.46. The number of ether oxygens (including phenoxy) is 1. The van der Waals surface area contributed by atoms with Crippen LogP contribution in [0.15, 0.2) is 47.6 Å². The lowest BCUT2D eigenvalue weighted by molar-refractivity contribution is 0.131. The van der Waals surface area contributed by atoms with Gasteiger partial charge in [0.05, 0.1) is 13.3 Å². The van der Waals surface area contributed by atoms with Crippen LogP contribution in [0, 0.1) is 6.92 Å². The van der Waals surface area contributed by atoms with E-state index in [0.717, 1.165) is 38.3 Å². The van der Waals surface area contributed by atoms with Crippen molar-refractivity contribution in [3.8, 4) is 11.5 Å². The van der Waals surface area contributed by atoms with Gasteiger partial charge in [-0.15, -0.1) is 0 Å². The molecular weight excluding hydrogens is 314 g/mol. The number of aryl methyl sites for hydroxylation is 1. The summed E-state index contributed by atoms with van der Waals surface area (Å²) < 4.78 is 5.12. The number of phenolic OH excluding ortho intramolecular Hbond substituents is 1. The summed E-state index contributed by atoms with van der Waals surface area (Å²) in [7, 11) is 1.54. The van der Waals surface area contributed by atoms with Crippen molar-refractivity contribution in [2.24, 2.45) is 5.10 Å². The maximum Gasteiger partial charge on any atom is 0.161 e. The maximum atomic E-state index is 9.63. The number of benzene rings is 2. The van der Waals surface area contributed by atoms with Crippen molar-refractivity contribution in [3.05, 3.63) is 59.2 Å². The van der Waals surface area contributed by atoms with Gasteiger partial charge in [-0.3, -0.25) is 9.91 Å². The SMILES string of the molecule is COc1cc(/C=N\N2CCN(Cc3ccc(C)cc3)CC2)ccc1O. The molecule has 0 aliphatic carbocycles. The molecular formula is C20H25N3O2. The third-order valence-electron chi connectivity index (χ3n) is 4.45. The molecule has 1 aliphatic rings. The topological polar surface area (TPSA) is 48.3 Å². The van der Waals surface area contributed by atoms with Crippen LogP contribution in [0.1, 0.15) is 16.7 Å². The fourth-order valence-electron chi connectivity index (χ4n) is 2.89. The van der Waals surface area contributed by atoms with Gasteiger partial charge in [0, 0.05) is 32.7 Å². The first-order valence-corrected chi connectivity index (χ1v) is 8.58. The normalized spacial score (nSPS) is 15.7. The fraction of sp³-hybridized carbons (Fsp3) is 0.350. The fourth-order valence-corrected chi connectivity index (χ4v) is 2.89. The molecule has 0 radical (unpaired) electrons. The van der Waals surface area contributed by atoms with Crippen LogP contribution in [-0.2, 0) is 6.54 Å². The molecule has 0 saturated carbocycles. The second-order valence-electron chi connectivity index (χ2n) is 6.39. The molecule has 2 aromatic carbocycles. The molecule has 0 spiro atoms. The minimum atomic E-state index is 0.143. The predicted octanol–water partition coefficient (Wildman–Crippen LogP) is 2.86. The molecule has 5 heteroatoms. The molecule has 132 valence electrons. The molecule has 5 nitrogen and oxygen atoms in total. The van der Waals surface area contributed by atoms with Crippen molar-refractivity contribution in [1.29, 1.82) is 0 Å². The van der Waals surface area contributed by atoms with Gasteiger partial charge >= 0.3 is 0 Å². The smallest absolute Gasteiger partial charge is 0.161 e. The first kappa shape index (κ1) is 17.3. The van der Waals surface area contributed by atoms with Gasteiger partial charge in [0.1, 0.15) is 0 Å². The van der Waals surface area contributed by atoms with Gasteiger partial charge in [0.25, 0.3) is 0 Å². The summed E-state index contributed by atoms with van der Waals surface area (Å²) in [5, 5.41) is 16.3. The van der Waals surface area contributed by atoms with Gasteiger partial charge in [-0.05, 0) is 36.2 Å². The molecule has 1 fully saturated rings. The van der Waals surface area contributed by atoms with Crippen LogP contribution >= 0.6 is 0 Å². The number of nitrogens with zero attached hydrogens (tertiary/aromatic N) is 3. The molecule has 2 aromatic rings. The molecule has 3 rings (SSSR count). The Morgan fingerprint density at radius 3 is 2.48 bits per heavy atom. The number of rotatable bonds is 5. The van der Waals surface area contributed by atoms with Crippen LogP contribution in [0.2, 0.25) is 0 Å². The number of hydrogen-bond donors (Lipinski definition) is 1. The van der Waals surface area contributed by atoms with E-state index in [2.05, 4.69) is 46.2 Å². The Bertz CT molecular complexity index is 720. The zero-order chi connectivity index (χ0) is 17.6. The van der Waals surface area contributed by atoms with Gasteiger partial charge in [-0.25, -0.2) is 0 Å². The van der Waals surface area contributed by atoms with E-state index < -0.39 is 0 Å². The highest BCUT2D eigenvalue weighted by Gasteiger charge is 2.15. The Morgan fingerprint density at radius 1 is 1.08 bits per heavy atom. The van der Waals surface area contributed by atoms with Crippen LogP contribution in [0.3, 0.4) is 0 Å². The van der Waals surface area contributed by atoms with E-state index in [-0.39, 0.29) is 5.75 Å². The Morgan fingerprint density at radius 2 is 1.80 bits per heavy atom. The zero-order valence-corrected chi connectivity index (χ0v) is 14.9. The van der Waals surface area contributed by atoms with Gasteiger partial charge in [-0.2, -0.15) is 5.10 Å². The third kappa shape index (κ3) is 4.73. The van der Waals surface area contributed by atoms with E-state index in [1.165, 1.54) is 11.1 Å². The zero-order valence-electron chi connectivity index (χ0n) is 14.9. The summed E-state index contributed by atoms with van der Waals surface area (Å²) in [5.74, 6) is 0.608. The van der Waals surface area contributed by atoms with Crippen molar-refractivity contribution in [2.75, 3.05) is 33.3 Å². The minimum absolute atomic E-state index is 0.143. The molecule has 1 heterocycles. The van der Waals surface area contributed by atoms with E-state index >= 15 is 0 Å². The number of aromatic hydroxyl groups is 1. The quantitative estimate of drug-likeness (QED) is 0.851. The molecule has 0 amide bonds. The van der Waals surface area contributed by atoms with E-state index in [1.807, 2.05) is 12.3 Å². The van der Waals surface area contributed by atoms with Crippen molar-refractivity contribution < 1.29 is 9.84 Å². The molecule has 0 atom stereocenters. The van der Waals surface area contributed by atoms with Crippen molar-refractivity contribution in [1.82, 2.24) is 9.91 Å². The predicted molar refractivity (Wildman–Crippen MR) is 100 cm³/mol. The average Bonchev–Trinajstić information content (AvgIpc) is 2.64. The van der Waals surface area contributed by atoms with E-state index in [9.17, 15) is 5.11 Å². The molecule has 1 N–H and O–H groups in total.